The number of carbonyl (C=O) groups is 2. The molecule has 2 rings (SSSR count). The van der Waals surface area contributed by atoms with Crippen LogP contribution in [-0.2, 0) is 7.05 Å². The lowest BCUT2D eigenvalue weighted by molar-refractivity contribution is 0.0350. The Bertz CT molecular complexity index is 521. The molecule has 110 valence electrons. The van der Waals surface area contributed by atoms with E-state index in [-0.39, 0.29) is 24.3 Å². The zero-order valence-corrected chi connectivity index (χ0v) is 12.3. The van der Waals surface area contributed by atoms with E-state index >= 15 is 0 Å². The van der Waals surface area contributed by atoms with Gasteiger partial charge in [-0.3, -0.25) is 9.59 Å². The van der Waals surface area contributed by atoms with Gasteiger partial charge >= 0.3 is 0 Å². The maximum absolute atomic E-state index is 12.7. The minimum absolute atomic E-state index is 0.0170. The first-order valence-corrected chi connectivity index (χ1v) is 7.04. The Labute approximate surface area is 119 Å². The average Bonchev–Trinajstić information content (AvgIpc) is 2.80. The number of ketones is 1. The van der Waals surface area contributed by atoms with E-state index in [9.17, 15) is 14.7 Å². The van der Waals surface area contributed by atoms with Gasteiger partial charge in [-0.15, -0.1) is 0 Å². The van der Waals surface area contributed by atoms with Crippen molar-refractivity contribution in [1.29, 1.82) is 0 Å². The van der Waals surface area contributed by atoms with E-state index in [1.54, 1.807) is 28.8 Å². The molecule has 1 saturated heterocycles. The van der Waals surface area contributed by atoms with Gasteiger partial charge in [-0.05, 0) is 31.7 Å². The molecule has 2 heterocycles. The lowest BCUT2D eigenvalue weighted by atomic mass is 9.91. The van der Waals surface area contributed by atoms with Gasteiger partial charge in [0.1, 0.15) is 5.69 Å². The van der Waals surface area contributed by atoms with Gasteiger partial charge in [0.25, 0.3) is 5.91 Å². The van der Waals surface area contributed by atoms with Crippen LogP contribution < -0.4 is 0 Å². The van der Waals surface area contributed by atoms with Crippen LogP contribution in [0.2, 0.25) is 0 Å². The molecule has 1 aliphatic heterocycles. The van der Waals surface area contributed by atoms with E-state index in [1.165, 1.54) is 6.92 Å². The van der Waals surface area contributed by atoms with Gasteiger partial charge in [0.05, 0.1) is 12.6 Å². The molecule has 1 amide bonds. The number of Topliss-reactive ketones (excluding diaryl/α,β-unsaturated/α-hetero) is 1. The summed E-state index contributed by atoms with van der Waals surface area (Å²) < 4.78 is 1.69. The fraction of sp³-hybridized carbons (Fsp3) is 0.600. The Morgan fingerprint density at radius 3 is 2.70 bits per heavy atom. The number of amides is 1. The van der Waals surface area contributed by atoms with Crippen LogP contribution in [0.5, 0.6) is 0 Å². The number of carbonyl (C=O) groups excluding carboxylic acids is 2. The number of hydrogen-bond donors (Lipinski definition) is 1. The van der Waals surface area contributed by atoms with E-state index in [2.05, 4.69) is 6.92 Å². The van der Waals surface area contributed by atoms with Crippen LogP contribution in [0, 0.1) is 5.92 Å². The van der Waals surface area contributed by atoms with Crippen molar-refractivity contribution < 1.29 is 14.7 Å². The third kappa shape index (κ3) is 2.63. The maximum atomic E-state index is 12.7. The highest BCUT2D eigenvalue weighted by atomic mass is 16.3. The predicted molar refractivity (Wildman–Crippen MR) is 75.7 cm³/mol. The van der Waals surface area contributed by atoms with E-state index in [4.69, 9.17) is 0 Å². The Balaban J connectivity index is 2.28. The summed E-state index contributed by atoms with van der Waals surface area (Å²) in [6, 6.07) is 1.50. The molecule has 1 N–H and O–H groups in total. The predicted octanol–water partition coefficient (Wildman–Crippen LogP) is 1.46. The average molecular weight is 278 g/mol. The van der Waals surface area contributed by atoms with E-state index < -0.39 is 0 Å². The van der Waals surface area contributed by atoms with Gasteiger partial charge in [0, 0.05) is 25.4 Å². The number of aliphatic hydroxyl groups is 1. The van der Waals surface area contributed by atoms with Crippen LogP contribution in [0.4, 0.5) is 0 Å². The fourth-order valence-corrected chi connectivity index (χ4v) is 2.90. The van der Waals surface area contributed by atoms with Crippen molar-refractivity contribution in [3.8, 4) is 0 Å². The Morgan fingerprint density at radius 2 is 2.15 bits per heavy atom. The van der Waals surface area contributed by atoms with E-state index in [0.717, 1.165) is 12.8 Å². The van der Waals surface area contributed by atoms with E-state index in [0.29, 0.717) is 23.7 Å². The molecule has 0 aromatic carbocycles. The van der Waals surface area contributed by atoms with Crippen molar-refractivity contribution in [3.63, 3.8) is 0 Å². The second kappa shape index (κ2) is 5.79. The van der Waals surface area contributed by atoms with Gasteiger partial charge in [-0.25, -0.2) is 0 Å². The summed E-state index contributed by atoms with van der Waals surface area (Å²) in [5.41, 5.74) is 1.05. The lowest BCUT2D eigenvalue weighted by Gasteiger charge is -2.39. The molecule has 0 bridgehead atoms. The smallest absolute Gasteiger partial charge is 0.270 e. The monoisotopic (exact) mass is 278 g/mol. The third-order valence-corrected chi connectivity index (χ3v) is 4.19. The summed E-state index contributed by atoms with van der Waals surface area (Å²) in [7, 11) is 1.76. The molecule has 2 unspecified atom stereocenters. The fourth-order valence-electron chi connectivity index (χ4n) is 2.90. The second-order valence-corrected chi connectivity index (χ2v) is 5.65. The second-order valence-electron chi connectivity index (χ2n) is 5.65. The van der Waals surface area contributed by atoms with Gasteiger partial charge in [-0.1, -0.05) is 6.92 Å². The SMILES string of the molecule is CC(=O)c1cc(C(=O)N2CCCC(C)C2CO)n(C)c1. The third-order valence-electron chi connectivity index (χ3n) is 4.19. The summed E-state index contributed by atoms with van der Waals surface area (Å²) in [6.07, 6.45) is 3.66. The molecule has 1 aromatic heterocycles. The van der Waals surface area contributed by atoms with Crippen molar-refractivity contribution in [2.45, 2.75) is 32.7 Å². The number of hydrogen-bond acceptors (Lipinski definition) is 3. The Kier molecular flexibility index (Phi) is 4.28. The molecule has 1 aromatic rings. The van der Waals surface area contributed by atoms with Crippen LogP contribution in [0.3, 0.4) is 0 Å². The zero-order valence-electron chi connectivity index (χ0n) is 12.3. The van der Waals surface area contributed by atoms with Crippen LogP contribution in [-0.4, -0.2) is 45.5 Å². The normalized spacial score (nSPS) is 22.9. The Morgan fingerprint density at radius 1 is 1.45 bits per heavy atom. The molecule has 0 saturated carbocycles. The summed E-state index contributed by atoms with van der Waals surface area (Å²) >= 11 is 0. The quantitative estimate of drug-likeness (QED) is 0.851. The summed E-state index contributed by atoms with van der Waals surface area (Å²) in [6.45, 7) is 4.20. The number of nitrogens with zero attached hydrogens (tertiary/aromatic N) is 2. The maximum Gasteiger partial charge on any atom is 0.270 e. The minimum atomic E-state index is -0.132. The number of aryl methyl sites for hydroxylation is 1. The van der Waals surface area contributed by atoms with Gasteiger partial charge < -0.3 is 14.6 Å². The van der Waals surface area contributed by atoms with Crippen molar-refractivity contribution in [2.24, 2.45) is 13.0 Å². The highest BCUT2D eigenvalue weighted by molar-refractivity contribution is 5.99. The standard InChI is InChI=1S/C15H22N2O3/c1-10-5-4-6-17(14(10)9-18)15(20)13-7-12(11(2)19)8-16(13)3/h7-8,10,14,18H,4-6,9H2,1-3H3. The summed E-state index contributed by atoms with van der Waals surface area (Å²) in [4.78, 5) is 25.8. The topological polar surface area (TPSA) is 62.5 Å². The number of piperidine rings is 1. The molecule has 0 spiro atoms. The summed E-state index contributed by atoms with van der Waals surface area (Å²) in [5.74, 6) is 0.140. The van der Waals surface area contributed by atoms with Gasteiger partial charge in [0.2, 0.25) is 0 Å². The minimum Gasteiger partial charge on any atom is -0.394 e. The molecule has 2 atom stereocenters. The highest BCUT2D eigenvalue weighted by Gasteiger charge is 2.32. The Hall–Kier alpha value is -1.62. The molecule has 1 aliphatic rings. The number of aromatic nitrogens is 1. The molecule has 0 aliphatic carbocycles. The first-order chi connectivity index (χ1) is 9.45. The molecule has 20 heavy (non-hydrogen) atoms. The first kappa shape index (κ1) is 14.8. The first-order valence-electron chi connectivity index (χ1n) is 7.04. The van der Waals surface area contributed by atoms with Gasteiger partial charge in [-0.2, -0.15) is 0 Å². The van der Waals surface area contributed by atoms with Crippen molar-refractivity contribution >= 4 is 11.7 Å². The zero-order chi connectivity index (χ0) is 14.9. The van der Waals surface area contributed by atoms with Crippen LogP contribution in [0.25, 0.3) is 0 Å². The van der Waals surface area contributed by atoms with Crippen LogP contribution in [0.1, 0.15) is 47.5 Å². The van der Waals surface area contributed by atoms with Crippen molar-refractivity contribution in [3.05, 3.63) is 23.5 Å². The van der Waals surface area contributed by atoms with Crippen molar-refractivity contribution in [2.75, 3.05) is 13.2 Å². The number of likely N-dealkylation sites (tertiary alicyclic amines) is 1. The number of rotatable bonds is 3. The number of aliphatic hydroxyl groups excluding tert-OH is 1. The van der Waals surface area contributed by atoms with Gasteiger partial charge in [0.15, 0.2) is 5.78 Å². The van der Waals surface area contributed by atoms with Crippen molar-refractivity contribution in [1.82, 2.24) is 9.47 Å². The summed E-state index contributed by atoms with van der Waals surface area (Å²) in [5, 5.41) is 9.54. The lowest BCUT2D eigenvalue weighted by Crippen LogP contribution is -2.50. The van der Waals surface area contributed by atoms with Crippen LogP contribution in [0.15, 0.2) is 12.3 Å². The molecular formula is C15H22N2O3. The van der Waals surface area contributed by atoms with Crippen LogP contribution >= 0.6 is 0 Å². The molecule has 5 heteroatoms. The highest BCUT2D eigenvalue weighted by Crippen LogP contribution is 2.25. The largest absolute Gasteiger partial charge is 0.394 e. The molecule has 5 nitrogen and oxygen atoms in total. The molecule has 1 fully saturated rings. The van der Waals surface area contributed by atoms with E-state index in [1.807, 2.05) is 0 Å². The molecule has 0 radical (unpaired) electrons. The molecular weight excluding hydrogens is 256 g/mol.